The average Bonchev–Trinajstić information content (AvgIpc) is 2.00. The molecule has 0 fully saturated rings. The molecule has 0 amide bonds. The van der Waals surface area contributed by atoms with E-state index in [9.17, 15) is 0 Å². The van der Waals surface area contributed by atoms with Gasteiger partial charge >= 0.3 is 0 Å². The Morgan fingerprint density at radius 3 is 2.17 bits per heavy atom. The minimum absolute atomic E-state index is 0.964. The summed E-state index contributed by atoms with van der Waals surface area (Å²) < 4.78 is 0. The van der Waals surface area contributed by atoms with Crippen molar-refractivity contribution >= 4 is 5.71 Å². The summed E-state index contributed by atoms with van der Waals surface area (Å²) in [4.78, 5) is 4.38. The van der Waals surface area contributed by atoms with Gasteiger partial charge in [-0.3, -0.25) is 4.99 Å². The number of hydrogen-bond donors (Lipinski definition) is 0. The van der Waals surface area contributed by atoms with Gasteiger partial charge in [0.1, 0.15) is 0 Å². The lowest BCUT2D eigenvalue weighted by molar-refractivity contribution is 1.27. The zero-order valence-corrected chi connectivity index (χ0v) is 8.39. The number of allylic oxidation sites excluding steroid dienone is 4. The van der Waals surface area contributed by atoms with Crippen molar-refractivity contribution in [2.24, 2.45) is 4.99 Å². The van der Waals surface area contributed by atoms with Crippen LogP contribution in [0.25, 0.3) is 0 Å². The molecule has 1 heteroatoms. The number of aliphatic imine (C=N–C) groups is 1. The van der Waals surface area contributed by atoms with Crippen molar-refractivity contribution in [1.29, 1.82) is 0 Å². The van der Waals surface area contributed by atoms with Crippen LogP contribution in [0.4, 0.5) is 0 Å². The van der Waals surface area contributed by atoms with Gasteiger partial charge in [0.05, 0.1) is 5.70 Å². The molecule has 0 aromatic rings. The van der Waals surface area contributed by atoms with Crippen LogP contribution in [-0.2, 0) is 0 Å². The molecule has 0 radical (unpaired) electrons. The lowest BCUT2D eigenvalue weighted by Gasteiger charge is -1.99. The summed E-state index contributed by atoms with van der Waals surface area (Å²) >= 11 is 0. The maximum atomic E-state index is 4.38. The second-order valence-corrected chi connectivity index (χ2v) is 2.71. The van der Waals surface area contributed by atoms with Gasteiger partial charge in [0.2, 0.25) is 0 Å². The summed E-state index contributed by atoms with van der Waals surface area (Å²) in [7, 11) is 0. The van der Waals surface area contributed by atoms with E-state index >= 15 is 0 Å². The second kappa shape index (κ2) is 5.53. The fourth-order valence-electron chi connectivity index (χ4n) is 0.875. The molecular weight excluding hydrogens is 146 g/mol. The largest absolute Gasteiger partial charge is 0.254 e. The van der Waals surface area contributed by atoms with Crippen LogP contribution in [0, 0.1) is 0 Å². The Kier molecular flexibility index (Phi) is 5.02. The smallest absolute Gasteiger partial charge is 0.0613 e. The quantitative estimate of drug-likeness (QED) is 0.446. The van der Waals surface area contributed by atoms with Crippen LogP contribution < -0.4 is 0 Å². The Hall–Kier alpha value is -1.11. The first kappa shape index (κ1) is 10.9. The van der Waals surface area contributed by atoms with Crippen molar-refractivity contribution < 1.29 is 0 Å². The molecule has 0 aromatic carbocycles. The predicted octanol–water partition coefficient (Wildman–Crippen LogP) is 3.50. The monoisotopic (exact) mass is 163 g/mol. The van der Waals surface area contributed by atoms with E-state index in [1.54, 1.807) is 0 Å². The molecule has 0 saturated carbocycles. The maximum absolute atomic E-state index is 4.38. The summed E-state index contributed by atoms with van der Waals surface area (Å²) in [5.41, 5.74) is 2.97. The van der Waals surface area contributed by atoms with E-state index in [1.165, 1.54) is 0 Å². The molecule has 0 atom stereocenters. The minimum Gasteiger partial charge on any atom is -0.254 e. The lowest BCUT2D eigenvalue weighted by Crippen LogP contribution is -1.87. The average molecular weight is 163 g/mol. The second-order valence-electron chi connectivity index (χ2n) is 2.71. The molecule has 0 heterocycles. The molecule has 0 aliphatic heterocycles. The first-order valence-electron chi connectivity index (χ1n) is 4.12. The summed E-state index contributed by atoms with van der Waals surface area (Å²) in [5, 5.41) is 0. The van der Waals surface area contributed by atoms with E-state index in [1.807, 2.05) is 45.9 Å². The van der Waals surface area contributed by atoms with Crippen molar-refractivity contribution in [3.05, 3.63) is 36.1 Å². The zero-order chi connectivity index (χ0) is 9.56. The molecule has 66 valence electrons. The van der Waals surface area contributed by atoms with Gasteiger partial charge in [-0.25, -0.2) is 0 Å². The first-order chi connectivity index (χ1) is 5.61. The van der Waals surface area contributed by atoms with E-state index in [4.69, 9.17) is 0 Å². The van der Waals surface area contributed by atoms with E-state index in [2.05, 4.69) is 11.6 Å². The standard InChI is InChI=1S/C11H17N/c1-6-8-10(5)12-11(7-2)9(3)4/h6-8H,3H2,1-2,4-5H3/b8-6-,11-7-,12-10-. The Bertz CT molecular complexity index is 242. The van der Waals surface area contributed by atoms with Crippen molar-refractivity contribution in [3.8, 4) is 0 Å². The molecular formula is C11H17N. The normalized spacial score (nSPS) is 14.0. The molecule has 0 aliphatic rings. The van der Waals surface area contributed by atoms with Gasteiger partial charge in [-0.05, 0) is 39.3 Å². The van der Waals surface area contributed by atoms with E-state index in [0.717, 1.165) is 17.0 Å². The molecule has 1 nitrogen and oxygen atoms in total. The molecule has 0 bridgehead atoms. The van der Waals surface area contributed by atoms with Crippen LogP contribution in [0.5, 0.6) is 0 Å². The molecule has 0 N–H and O–H groups in total. The van der Waals surface area contributed by atoms with E-state index < -0.39 is 0 Å². The Morgan fingerprint density at radius 1 is 1.25 bits per heavy atom. The van der Waals surface area contributed by atoms with Crippen LogP contribution in [0.3, 0.4) is 0 Å². The molecule has 0 unspecified atom stereocenters. The fraction of sp³-hybridized carbons (Fsp3) is 0.364. The number of rotatable bonds is 3. The molecule has 0 aromatic heterocycles. The Morgan fingerprint density at radius 2 is 1.83 bits per heavy atom. The summed E-state index contributed by atoms with van der Waals surface area (Å²) in [5.74, 6) is 0. The highest BCUT2D eigenvalue weighted by Gasteiger charge is 1.92. The van der Waals surface area contributed by atoms with Gasteiger partial charge in [0.25, 0.3) is 0 Å². The van der Waals surface area contributed by atoms with Crippen LogP contribution in [0.15, 0.2) is 41.1 Å². The van der Waals surface area contributed by atoms with Crippen LogP contribution in [0.1, 0.15) is 27.7 Å². The molecule has 0 aliphatic carbocycles. The van der Waals surface area contributed by atoms with E-state index in [-0.39, 0.29) is 0 Å². The summed E-state index contributed by atoms with van der Waals surface area (Å²) in [6, 6.07) is 0. The van der Waals surface area contributed by atoms with Gasteiger partial charge in [-0.15, -0.1) is 0 Å². The molecule has 0 rings (SSSR count). The van der Waals surface area contributed by atoms with Crippen molar-refractivity contribution in [3.63, 3.8) is 0 Å². The SMILES string of the molecule is C=C(C)C(=C/C)/N=C(C)\C=C/C. The topological polar surface area (TPSA) is 12.4 Å². The fourth-order valence-corrected chi connectivity index (χ4v) is 0.875. The Balaban J connectivity index is 4.60. The third-order valence-electron chi connectivity index (χ3n) is 1.42. The highest BCUT2D eigenvalue weighted by Crippen LogP contribution is 2.08. The van der Waals surface area contributed by atoms with Gasteiger partial charge in [-0.2, -0.15) is 0 Å². The van der Waals surface area contributed by atoms with Crippen molar-refractivity contribution in [2.45, 2.75) is 27.7 Å². The first-order valence-corrected chi connectivity index (χ1v) is 4.12. The van der Waals surface area contributed by atoms with E-state index in [0.29, 0.717) is 0 Å². The molecule has 0 saturated heterocycles. The third-order valence-corrected chi connectivity index (χ3v) is 1.42. The van der Waals surface area contributed by atoms with Gasteiger partial charge in [0, 0.05) is 5.71 Å². The van der Waals surface area contributed by atoms with Crippen molar-refractivity contribution in [2.75, 3.05) is 0 Å². The zero-order valence-electron chi connectivity index (χ0n) is 8.39. The van der Waals surface area contributed by atoms with Gasteiger partial charge in [-0.1, -0.05) is 18.7 Å². The summed E-state index contributed by atoms with van der Waals surface area (Å²) in [6.45, 7) is 11.7. The lowest BCUT2D eigenvalue weighted by atomic mass is 10.2. The summed E-state index contributed by atoms with van der Waals surface area (Å²) in [6.07, 6.45) is 5.92. The highest BCUT2D eigenvalue weighted by molar-refractivity contribution is 5.93. The number of hydrogen-bond acceptors (Lipinski definition) is 1. The van der Waals surface area contributed by atoms with Crippen LogP contribution in [-0.4, -0.2) is 5.71 Å². The maximum Gasteiger partial charge on any atom is 0.0613 e. The third kappa shape index (κ3) is 3.91. The molecule has 0 spiro atoms. The minimum atomic E-state index is 0.964. The van der Waals surface area contributed by atoms with Crippen LogP contribution >= 0.6 is 0 Å². The number of nitrogens with zero attached hydrogens (tertiary/aromatic N) is 1. The van der Waals surface area contributed by atoms with Gasteiger partial charge in [0.15, 0.2) is 0 Å². The molecule has 12 heavy (non-hydrogen) atoms. The predicted molar refractivity (Wildman–Crippen MR) is 56.5 cm³/mol. The van der Waals surface area contributed by atoms with Crippen LogP contribution in [0.2, 0.25) is 0 Å². The van der Waals surface area contributed by atoms with Gasteiger partial charge < -0.3 is 0 Å². The Labute approximate surface area is 75.2 Å². The highest BCUT2D eigenvalue weighted by atomic mass is 14.7. The van der Waals surface area contributed by atoms with Crippen molar-refractivity contribution in [1.82, 2.24) is 0 Å².